The number of para-hydroxylation sites is 1. The fraction of sp³-hybridized carbons (Fsp3) is 0.500. The molecule has 14 nitrogen and oxygen atoms in total. The monoisotopic (exact) mass is 559 g/mol. The van der Waals surface area contributed by atoms with Crippen molar-refractivity contribution in [2.75, 3.05) is 13.1 Å². The van der Waals surface area contributed by atoms with E-state index < -0.39 is 47.9 Å². The van der Waals surface area contributed by atoms with Crippen LogP contribution in [0.4, 0.5) is 0 Å². The van der Waals surface area contributed by atoms with Gasteiger partial charge in [0, 0.05) is 23.6 Å². The van der Waals surface area contributed by atoms with Crippen molar-refractivity contribution in [3.63, 3.8) is 0 Å². The van der Waals surface area contributed by atoms with Crippen LogP contribution in [0.1, 0.15) is 44.6 Å². The van der Waals surface area contributed by atoms with Gasteiger partial charge in [0.1, 0.15) is 18.1 Å². The first-order chi connectivity index (χ1) is 19.0. The Kier molecular flexibility index (Phi) is 12.9. The summed E-state index contributed by atoms with van der Waals surface area (Å²) in [6, 6.07) is 3.44. The van der Waals surface area contributed by atoms with Crippen molar-refractivity contribution in [3.05, 3.63) is 36.0 Å². The van der Waals surface area contributed by atoms with E-state index in [2.05, 4.69) is 25.9 Å². The lowest BCUT2D eigenvalue weighted by molar-refractivity contribution is -0.141. The van der Waals surface area contributed by atoms with Crippen LogP contribution in [0.25, 0.3) is 10.9 Å². The second kappa shape index (κ2) is 16.1. The van der Waals surface area contributed by atoms with Crippen LogP contribution in [-0.2, 0) is 25.6 Å². The van der Waals surface area contributed by atoms with Crippen molar-refractivity contribution < 1.29 is 24.3 Å². The predicted octanol–water partition coefficient (Wildman–Crippen LogP) is -1.22. The van der Waals surface area contributed by atoms with E-state index in [-0.39, 0.29) is 31.8 Å². The summed E-state index contributed by atoms with van der Waals surface area (Å²) in [4.78, 5) is 57.4. The van der Waals surface area contributed by atoms with Gasteiger partial charge in [-0.15, -0.1) is 0 Å². The van der Waals surface area contributed by atoms with Gasteiger partial charge in [-0.3, -0.25) is 24.2 Å². The van der Waals surface area contributed by atoms with E-state index in [1.807, 2.05) is 24.3 Å². The summed E-state index contributed by atoms with van der Waals surface area (Å²) in [5.41, 5.74) is 24.3. The molecule has 0 bridgehead atoms. The van der Waals surface area contributed by atoms with Crippen molar-refractivity contribution in [1.82, 2.24) is 20.9 Å². The smallest absolute Gasteiger partial charge is 0.325 e. The number of benzene rings is 1. The number of aromatic nitrogens is 1. The Labute approximate surface area is 232 Å². The van der Waals surface area contributed by atoms with Gasteiger partial charge in [0.15, 0.2) is 5.96 Å². The number of aliphatic carboxylic acids is 1. The molecule has 220 valence electrons. The maximum Gasteiger partial charge on any atom is 0.325 e. The highest BCUT2D eigenvalue weighted by molar-refractivity contribution is 5.94. The molecule has 0 radical (unpaired) electrons. The number of carbonyl (C=O) groups is 4. The Morgan fingerprint density at radius 1 is 0.950 bits per heavy atom. The quantitative estimate of drug-likeness (QED) is 0.0638. The number of hydrogen-bond acceptors (Lipinski definition) is 7. The number of H-pyrrole nitrogens is 1. The standard InChI is InChI=1S/C26H41N9O5/c1-15(25(39)40)33-23(37)20(9-4-5-11-27)35-24(38)21(10-6-12-31-26(29)30)34-22(36)18(28)13-16-14-32-19-8-3-2-7-17(16)19/h2-3,7-8,14-15,18,20-21,32H,4-6,9-13,27-28H2,1H3,(H,33,37)(H,34,36)(H,35,38)(H,39,40)(H4,29,30,31). The molecule has 0 saturated carbocycles. The maximum atomic E-state index is 13.3. The molecule has 2 aromatic rings. The van der Waals surface area contributed by atoms with Crippen LogP contribution in [0.2, 0.25) is 0 Å². The topological polar surface area (TPSA) is 257 Å². The molecule has 13 N–H and O–H groups in total. The zero-order valence-corrected chi connectivity index (χ0v) is 22.7. The average molecular weight is 560 g/mol. The summed E-state index contributed by atoms with van der Waals surface area (Å²) < 4.78 is 0. The maximum absolute atomic E-state index is 13.3. The van der Waals surface area contributed by atoms with Crippen LogP contribution in [0, 0.1) is 0 Å². The van der Waals surface area contributed by atoms with Gasteiger partial charge in [0.25, 0.3) is 0 Å². The third-order valence-electron chi connectivity index (χ3n) is 6.34. The lowest BCUT2D eigenvalue weighted by Crippen LogP contribution is -2.57. The van der Waals surface area contributed by atoms with Crippen molar-refractivity contribution in [2.45, 2.75) is 69.6 Å². The number of carboxylic acid groups (broad SMARTS) is 1. The highest BCUT2D eigenvalue weighted by Gasteiger charge is 2.29. The van der Waals surface area contributed by atoms with Crippen molar-refractivity contribution >= 4 is 40.6 Å². The van der Waals surface area contributed by atoms with E-state index in [0.29, 0.717) is 25.8 Å². The first kappa shape index (κ1) is 32.0. The van der Waals surface area contributed by atoms with E-state index in [0.717, 1.165) is 16.5 Å². The Hall–Kier alpha value is -4.17. The van der Waals surface area contributed by atoms with E-state index in [1.54, 1.807) is 6.20 Å². The number of nitrogens with zero attached hydrogens (tertiary/aromatic N) is 1. The molecule has 0 aliphatic carbocycles. The third-order valence-corrected chi connectivity index (χ3v) is 6.34. The minimum Gasteiger partial charge on any atom is -0.480 e. The number of fused-ring (bicyclic) bond motifs is 1. The summed E-state index contributed by atoms with van der Waals surface area (Å²) in [6.45, 7) is 1.94. The lowest BCUT2D eigenvalue weighted by atomic mass is 10.0. The first-order valence-electron chi connectivity index (χ1n) is 13.2. The van der Waals surface area contributed by atoms with Gasteiger partial charge < -0.3 is 49.0 Å². The molecule has 0 fully saturated rings. The molecule has 1 aromatic carbocycles. The summed E-state index contributed by atoms with van der Waals surface area (Å²) >= 11 is 0. The number of nitrogens with two attached hydrogens (primary N) is 4. The predicted molar refractivity (Wildman–Crippen MR) is 152 cm³/mol. The molecule has 0 aliphatic heterocycles. The van der Waals surface area contributed by atoms with Crippen LogP contribution >= 0.6 is 0 Å². The van der Waals surface area contributed by atoms with Gasteiger partial charge in [-0.05, 0) is 63.6 Å². The summed E-state index contributed by atoms with van der Waals surface area (Å²) in [5.74, 6) is -3.13. The van der Waals surface area contributed by atoms with E-state index >= 15 is 0 Å². The molecule has 3 amide bonds. The van der Waals surface area contributed by atoms with Gasteiger partial charge in [-0.1, -0.05) is 18.2 Å². The number of rotatable bonds is 17. The van der Waals surface area contributed by atoms with Gasteiger partial charge in [0.2, 0.25) is 17.7 Å². The molecule has 14 heteroatoms. The molecule has 4 unspecified atom stereocenters. The molecule has 1 aromatic heterocycles. The number of nitrogens with one attached hydrogen (secondary N) is 4. The zero-order chi connectivity index (χ0) is 29.7. The highest BCUT2D eigenvalue weighted by atomic mass is 16.4. The molecule has 0 spiro atoms. The number of hydrogen-bond donors (Lipinski definition) is 9. The van der Waals surface area contributed by atoms with E-state index in [1.165, 1.54) is 6.92 Å². The van der Waals surface area contributed by atoms with Gasteiger partial charge in [-0.2, -0.15) is 0 Å². The number of amides is 3. The van der Waals surface area contributed by atoms with Crippen LogP contribution in [0.3, 0.4) is 0 Å². The third kappa shape index (κ3) is 10.2. The first-order valence-corrected chi connectivity index (χ1v) is 13.2. The Balaban J connectivity index is 2.14. The van der Waals surface area contributed by atoms with Crippen LogP contribution in [-0.4, -0.2) is 77.0 Å². The van der Waals surface area contributed by atoms with Crippen molar-refractivity contribution in [2.24, 2.45) is 27.9 Å². The van der Waals surface area contributed by atoms with Crippen LogP contribution in [0.5, 0.6) is 0 Å². The van der Waals surface area contributed by atoms with Gasteiger partial charge in [-0.25, -0.2) is 0 Å². The summed E-state index contributed by atoms with van der Waals surface area (Å²) in [5, 5.41) is 17.8. The Bertz CT molecular complexity index is 1180. The number of unbranched alkanes of at least 4 members (excludes halogenated alkanes) is 1. The number of carbonyl (C=O) groups excluding carboxylic acids is 3. The fourth-order valence-corrected chi connectivity index (χ4v) is 4.09. The van der Waals surface area contributed by atoms with Crippen molar-refractivity contribution in [3.8, 4) is 0 Å². The largest absolute Gasteiger partial charge is 0.480 e. The molecule has 40 heavy (non-hydrogen) atoms. The lowest BCUT2D eigenvalue weighted by Gasteiger charge is -2.25. The minimum absolute atomic E-state index is 0.102. The molecule has 4 atom stereocenters. The van der Waals surface area contributed by atoms with Gasteiger partial charge >= 0.3 is 5.97 Å². The van der Waals surface area contributed by atoms with E-state index in [4.69, 9.17) is 28.0 Å². The number of carboxylic acids is 1. The highest BCUT2D eigenvalue weighted by Crippen LogP contribution is 2.19. The molecular formula is C26H41N9O5. The summed E-state index contributed by atoms with van der Waals surface area (Å²) in [6.07, 6.45) is 3.90. The zero-order valence-electron chi connectivity index (χ0n) is 22.7. The number of aromatic amines is 1. The van der Waals surface area contributed by atoms with Crippen molar-refractivity contribution in [1.29, 1.82) is 0 Å². The van der Waals surface area contributed by atoms with Crippen LogP contribution in [0.15, 0.2) is 35.5 Å². The second-order valence-corrected chi connectivity index (χ2v) is 9.59. The SMILES string of the molecule is CC(NC(=O)C(CCCCN)NC(=O)C(CCCN=C(N)N)NC(=O)C(N)Cc1c[nH]c2ccccc12)C(=O)O. The summed E-state index contributed by atoms with van der Waals surface area (Å²) in [7, 11) is 0. The minimum atomic E-state index is -1.21. The van der Waals surface area contributed by atoms with Crippen LogP contribution < -0.4 is 38.9 Å². The Morgan fingerprint density at radius 2 is 1.57 bits per heavy atom. The Morgan fingerprint density at radius 3 is 2.23 bits per heavy atom. The van der Waals surface area contributed by atoms with Gasteiger partial charge in [0.05, 0.1) is 6.04 Å². The average Bonchev–Trinajstić information content (AvgIpc) is 3.31. The number of guanidine groups is 1. The molecule has 0 saturated heterocycles. The number of aliphatic imine (C=N–C) groups is 1. The fourth-order valence-electron chi connectivity index (χ4n) is 4.09. The molecule has 1 heterocycles. The molecule has 2 rings (SSSR count). The second-order valence-electron chi connectivity index (χ2n) is 9.59. The normalized spacial score (nSPS) is 14.0. The molecular weight excluding hydrogens is 518 g/mol. The van der Waals surface area contributed by atoms with E-state index in [9.17, 15) is 19.2 Å². The molecule has 0 aliphatic rings.